The van der Waals surface area contributed by atoms with Crippen LogP contribution in [0.4, 0.5) is 0 Å². The molecule has 2 bridgehead atoms. The Kier molecular flexibility index (Phi) is 4.77. The van der Waals surface area contributed by atoms with E-state index in [1.165, 1.54) is 16.4 Å². The lowest BCUT2D eigenvalue weighted by molar-refractivity contribution is 0.0731. The van der Waals surface area contributed by atoms with E-state index in [-0.39, 0.29) is 28.7 Å². The molecule has 1 heterocycles. The lowest BCUT2D eigenvalue weighted by atomic mass is 9.88. The minimum absolute atomic E-state index is 0.106. The highest BCUT2D eigenvalue weighted by Crippen LogP contribution is 2.56. The number of benzene rings is 2. The molecule has 0 radical (unpaired) electrons. The largest absolute Gasteiger partial charge is 0.391 e. The summed E-state index contributed by atoms with van der Waals surface area (Å²) < 4.78 is 28.4. The zero-order valence-electron chi connectivity index (χ0n) is 17.7. The first-order valence-corrected chi connectivity index (χ1v) is 12.3. The monoisotopic (exact) mass is 440 g/mol. The quantitative estimate of drug-likeness (QED) is 0.749. The average Bonchev–Trinajstić information content (AvgIpc) is 3.38. The van der Waals surface area contributed by atoms with Crippen LogP contribution in [0.15, 0.2) is 59.5 Å². The van der Waals surface area contributed by atoms with Gasteiger partial charge in [0.05, 0.1) is 22.6 Å². The Hall–Kier alpha value is -2.22. The van der Waals surface area contributed by atoms with Gasteiger partial charge in [-0.05, 0) is 68.2 Å². The molecule has 31 heavy (non-hydrogen) atoms. The Balaban J connectivity index is 1.40. The number of nitrogens with zero attached hydrogens (tertiary/aromatic N) is 1. The summed E-state index contributed by atoms with van der Waals surface area (Å²) in [6, 6.07) is 15.5. The maximum atomic E-state index is 13.5. The number of sulfonamides is 1. The van der Waals surface area contributed by atoms with Crippen LogP contribution in [0.5, 0.6) is 0 Å². The Morgan fingerprint density at radius 3 is 2.52 bits per heavy atom. The van der Waals surface area contributed by atoms with Crippen molar-refractivity contribution >= 4 is 15.9 Å². The van der Waals surface area contributed by atoms with E-state index >= 15 is 0 Å². The van der Waals surface area contributed by atoms with Crippen molar-refractivity contribution in [1.82, 2.24) is 9.62 Å². The third-order valence-electron chi connectivity index (χ3n) is 7.43. The van der Waals surface area contributed by atoms with Crippen molar-refractivity contribution in [2.45, 2.75) is 49.3 Å². The van der Waals surface area contributed by atoms with Gasteiger partial charge in [-0.1, -0.05) is 36.4 Å². The van der Waals surface area contributed by atoms with E-state index in [0.29, 0.717) is 18.0 Å². The van der Waals surface area contributed by atoms with Gasteiger partial charge in [0.1, 0.15) is 0 Å². The number of hydrogen-bond donors (Lipinski definition) is 2. The number of carbonyl (C=O) groups is 1. The summed E-state index contributed by atoms with van der Waals surface area (Å²) in [5, 5.41) is 13.6. The fourth-order valence-electron chi connectivity index (χ4n) is 5.85. The van der Waals surface area contributed by atoms with Crippen LogP contribution >= 0.6 is 0 Å². The molecule has 2 aromatic rings. The smallest absolute Gasteiger partial charge is 0.251 e. The average molecular weight is 441 g/mol. The van der Waals surface area contributed by atoms with Crippen molar-refractivity contribution in [3.05, 3.63) is 65.7 Å². The molecule has 5 unspecified atom stereocenters. The SMILES string of the molecule is CC(C)(NC(=O)c1cccc(S(=O)(=O)N2CC3CC4CC3C2C4O)c1)c1ccccc1. The second-order valence-corrected chi connectivity index (χ2v) is 11.6. The van der Waals surface area contributed by atoms with E-state index in [0.717, 1.165) is 18.4 Å². The molecule has 5 atom stereocenters. The molecule has 164 valence electrons. The van der Waals surface area contributed by atoms with Crippen molar-refractivity contribution in [2.75, 3.05) is 6.54 Å². The molecule has 2 N–H and O–H groups in total. The number of amides is 1. The van der Waals surface area contributed by atoms with E-state index in [4.69, 9.17) is 0 Å². The van der Waals surface area contributed by atoms with Crippen LogP contribution in [0.25, 0.3) is 0 Å². The maximum absolute atomic E-state index is 13.5. The van der Waals surface area contributed by atoms with Gasteiger partial charge < -0.3 is 10.4 Å². The third-order valence-corrected chi connectivity index (χ3v) is 9.29. The Morgan fingerprint density at radius 2 is 1.81 bits per heavy atom. The van der Waals surface area contributed by atoms with Crippen LogP contribution in [0.3, 0.4) is 0 Å². The molecule has 1 amide bonds. The second-order valence-electron chi connectivity index (χ2n) is 9.68. The summed E-state index contributed by atoms with van der Waals surface area (Å²) in [7, 11) is -3.79. The minimum atomic E-state index is -3.79. The summed E-state index contributed by atoms with van der Waals surface area (Å²) in [5.74, 6) is 0.491. The number of fused-ring (bicyclic) bond motifs is 1. The van der Waals surface area contributed by atoms with Gasteiger partial charge in [0, 0.05) is 12.1 Å². The van der Waals surface area contributed by atoms with E-state index in [2.05, 4.69) is 5.32 Å². The molecule has 6 nitrogen and oxygen atoms in total. The molecule has 2 aromatic carbocycles. The molecular weight excluding hydrogens is 412 g/mol. The molecule has 7 heteroatoms. The molecular formula is C24H28N2O4S. The number of hydrogen-bond acceptors (Lipinski definition) is 4. The first-order valence-electron chi connectivity index (χ1n) is 10.9. The number of aliphatic hydroxyl groups excluding tert-OH is 1. The minimum Gasteiger partial charge on any atom is -0.391 e. The van der Waals surface area contributed by atoms with Crippen LogP contribution in [0.1, 0.15) is 42.6 Å². The fraction of sp³-hybridized carbons (Fsp3) is 0.458. The van der Waals surface area contributed by atoms with Crippen LogP contribution in [-0.4, -0.2) is 42.4 Å². The van der Waals surface area contributed by atoms with E-state index in [9.17, 15) is 18.3 Å². The highest BCUT2D eigenvalue weighted by Gasteiger charge is 2.61. The van der Waals surface area contributed by atoms with Gasteiger partial charge >= 0.3 is 0 Å². The summed E-state index contributed by atoms with van der Waals surface area (Å²) in [4.78, 5) is 13.1. The van der Waals surface area contributed by atoms with E-state index < -0.39 is 21.7 Å². The number of rotatable bonds is 5. The Labute approximate surface area is 183 Å². The van der Waals surface area contributed by atoms with Crippen molar-refractivity contribution in [3.63, 3.8) is 0 Å². The molecule has 2 saturated carbocycles. The van der Waals surface area contributed by atoms with Gasteiger partial charge in [0.25, 0.3) is 5.91 Å². The Morgan fingerprint density at radius 1 is 1.06 bits per heavy atom. The van der Waals surface area contributed by atoms with Crippen LogP contribution < -0.4 is 5.32 Å². The topological polar surface area (TPSA) is 86.7 Å². The van der Waals surface area contributed by atoms with Gasteiger partial charge in [-0.3, -0.25) is 4.79 Å². The highest BCUT2D eigenvalue weighted by atomic mass is 32.2. The predicted molar refractivity (Wildman–Crippen MR) is 117 cm³/mol. The van der Waals surface area contributed by atoms with Crippen LogP contribution in [-0.2, 0) is 15.6 Å². The number of nitrogens with one attached hydrogen (secondary N) is 1. The lowest BCUT2D eigenvalue weighted by Crippen LogP contribution is -2.43. The molecule has 5 rings (SSSR count). The van der Waals surface area contributed by atoms with Gasteiger partial charge in [-0.25, -0.2) is 8.42 Å². The van der Waals surface area contributed by atoms with Gasteiger partial charge in [-0.15, -0.1) is 0 Å². The summed E-state index contributed by atoms with van der Waals surface area (Å²) in [6.07, 6.45) is 1.24. The van der Waals surface area contributed by atoms with Crippen LogP contribution in [0.2, 0.25) is 0 Å². The zero-order valence-corrected chi connectivity index (χ0v) is 18.5. The molecule has 1 saturated heterocycles. The normalized spacial score (nSPS) is 30.0. The molecule has 0 aromatic heterocycles. The standard InChI is InChI=1S/C24H28N2O4S/c1-24(2,18-8-4-3-5-9-18)25-23(28)15-7-6-10-19(12-15)31(29,30)26-14-17-11-16-13-20(17)21(26)22(16)27/h3-10,12,16-17,20-22,27H,11,13-14H2,1-2H3,(H,25,28). The van der Waals surface area contributed by atoms with E-state index in [1.54, 1.807) is 12.1 Å². The molecule has 1 aliphatic heterocycles. The van der Waals surface area contributed by atoms with Crippen molar-refractivity contribution in [2.24, 2.45) is 17.8 Å². The molecule has 3 aliphatic rings. The first kappa shape index (κ1) is 20.7. The maximum Gasteiger partial charge on any atom is 0.251 e. The highest BCUT2D eigenvalue weighted by molar-refractivity contribution is 7.89. The number of aliphatic hydroxyl groups is 1. The summed E-state index contributed by atoms with van der Waals surface area (Å²) >= 11 is 0. The molecule has 0 spiro atoms. The zero-order chi connectivity index (χ0) is 22.0. The van der Waals surface area contributed by atoms with Crippen LogP contribution in [0, 0.1) is 17.8 Å². The first-order chi connectivity index (χ1) is 14.7. The van der Waals surface area contributed by atoms with Crippen molar-refractivity contribution in [1.29, 1.82) is 0 Å². The van der Waals surface area contributed by atoms with Gasteiger partial charge in [0.15, 0.2) is 0 Å². The molecule has 2 aliphatic carbocycles. The molecule has 3 fully saturated rings. The fourth-order valence-corrected chi connectivity index (χ4v) is 7.64. The lowest BCUT2D eigenvalue weighted by Gasteiger charge is -2.28. The van der Waals surface area contributed by atoms with Gasteiger partial charge in [0.2, 0.25) is 10.0 Å². The van der Waals surface area contributed by atoms with Crippen molar-refractivity contribution < 1.29 is 18.3 Å². The van der Waals surface area contributed by atoms with Crippen molar-refractivity contribution in [3.8, 4) is 0 Å². The Bertz CT molecular complexity index is 1110. The second kappa shape index (κ2) is 7.15. The predicted octanol–water partition coefficient (Wildman–Crippen LogP) is 2.74. The summed E-state index contributed by atoms with van der Waals surface area (Å²) in [6.45, 7) is 4.29. The van der Waals surface area contributed by atoms with E-state index in [1.807, 2.05) is 44.2 Å². The third kappa shape index (κ3) is 3.30. The number of carbonyl (C=O) groups excluding carboxylic acids is 1. The van der Waals surface area contributed by atoms with Gasteiger partial charge in [-0.2, -0.15) is 4.31 Å². The summed E-state index contributed by atoms with van der Waals surface area (Å²) in [5.41, 5.74) is 0.659.